The Morgan fingerprint density at radius 3 is 2.78 bits per heavy atom. The predicted molar refractivity (Wildman–Crippen MR) is 82.3 cm³/mol. The predicted octanol–water partition coefficient (Wildman–Crippen LogP) is 4.20. The molecule has 0 spiro atoms. The van der Waals surface area contributed by atoms with E-state index in [1.165, 1.54) is 29.7 Å². The van der Waals surface area contributed by atoms with Gasteiger partial charge in [-0.05, 0) is 30.7 Å². The van der Waals surface area contributed by atoms with Crippen molar-refractivity contribution in [3.8, 4) is 0 Å². The molecule has 2 rings (SSSR count). The van der Waals surface area contributed by atoms with E-state index in [-0.39, 0.29) is 5.82 Å². The van der Waals surface area contributed by atoms with Gasteiger partial charge in [0.05, 0.1) is 5.69 Å². The maximum Gasteiger partial charge on any atom is 0.433 e. The molecular formula is C14H13F3N4OS. The number of nitrogens with zero attached hydrogens (tertiary/aromatic N) is 2. The van der Waals surface area contributed by atoms with Crippen LogP contribution < -0.4 is 10.8 Å². The molecule has 0 bridgehead atoms. The Balaban J connectivity index is 2.13. The van der Waals surface area contributed by atoms with Gasteiger partial charge in [-0.3, -0.25) is 10.7 Å². The van der Waals surface area contributed by atoms with Crippen molar-refractivity contribution in [2.75, 3.05) is 5.32 Å². The van der Waals surface area contributed by atoms with Gasteiger partial charge in [0.25, 0.3) is 0 Å². The van der Waals surface area contributed by atoms with Crippen LogP contribution in [0.5, 0.6) is 0 Å². The van der Waals surface area contributed by atoms with Crippen molar-refractivity contribution in [1.82, 2.24) is 15.4 Å². The molecule has 5 nitrogen and oxygen atoms in total. The van der Waals surface area contributed by atoms with Crippen LogP contribution in [-0.4, -0.2) is 15.2 Å². The van der Waals surface area contributed by atoms with Gasteiger partial charge in [-0.1, -0.05) is 12.1 Å². The molecule has 0 fully saturated rings. The molecule has 2 heterocycles. The number of halogens is 3. The molecule has 2 aromatic heterocycles. The summed E-state index contributed by atoms with van der Waals surface area (Å²) >= 11 is 1.25. The Labute approximate surface area is 134 Å². The van der Waals surface area contributed by atoms with Gasteiger partial charge >= 0.3 is 6.18 Å². The number of thiazole rings is 1. The minimum Gasteiger partial charge on any atom is -0.316 e. The Kier molecular flexibility index (Phi) is 5.35. The molecule has 0 aromatic carbocycles. The first-order valence-corrected chi connectivity index (χ1v) is 7.28. The van der Waals surface area contributed by atoms with E-state index in [9.17, 15) is 13.2 Å². The van der Waals surface area contributed by atoms with Crippen molar-refractivity contribution in [2.45, 2.75) is 13.1 Å². The normalized spacial score (nSPS) is 12.7. The van der Waals surface area contributed by atoms with E-state index in [0.29, 0.717) is 10.8 Å². The van der Waals surface area contributed by atoms with E-state index in [4.69, 9.17) is 5.21 Å². The van der Waals surface area contributed by atoms with E-state index in [1.54, 1.807) is 17.5 Å². The maximum atomic E-state index is 12.6. The molecular weight excluding hydrogens is 329 g/mol. The molecule has 0 radical (unpaired) electrons. The van der Waals surface area contributed by atoms with Crippen molar-refractivity contribution in [3.63, 3.8) is 0 Å². The van der Waals surface area contributed by atoms with Crippen LogP contribution in [0, 0.1) is 0 Å². The first-order chi connectivity index (χ1) is 10.9. The number of allylic oxidation sites excluding steroid dienone is 3. The first-order valence-electron chi connectivity index (χ1n) is 6.40. The summed E-state index contributed by atoms with van der Waals surface area (Å²) in [5.74, 6) is 0.0757. The van der Waals surface area contributed by atoms with Gasteiger partial charge in [-0.25, -0.2) is 9.97 Å². The highest BCUT2D eigenvalue weighted by atomic mass is 32.1. The minimum atomic E-state index is -4.49. The van der Waals surface area contributed by atoms with Crippen molar-refractivity contribution >= 4 is 27.9 Å². The molecule has 122 valence electrons. The molecule has 0 saturated heterocycles. The standard InChI is InChI=1S/C14H13F3N4OS/c1-9(4-3-7-18-22)10-8-23-13(19-10)21-12-6-2-5-11(20-12)14(15,16)17/h2-8,18,22H,1H3,(H,19,20,21)/b7-3-,9-4+. The van der Waals surface area contributed by atoms with Gasteiger partial charge in [0.1, 0.15) is 11.5 Å². The summed E-state index contributed by atoms with van der Waals surface area (Å²) < 4.78 is 37.9. The van der Waals surface area contributed by atoms with E-state index in [0.717, 1.165) is 11.6 Å². The van der Waals surface area contributed by atoms with Crippen LogP contribution in [0.3, 0.4) is 0 Å². The largest absolute Gasteiger partial charge is 0.433 e. The third-order valence-corrected chi connectivity index (χ3v) is 3.46. The summed E-state index contributed by atoms with van der Waals surface area (Å²) in [5, 5.41) is 13.4. The molecule has 0 amide bonds. The van der Waals surface area contributed by atoms with Gasteiger partial charge in [0.2, 0.25) is 0 Å². The number of anilines is 2. The fourth-order valence-electron chi connectivity index (χ4n) is 1.60. The van der Waals surface area contributed by atoms with Crippen LogP contribution in [0.25, 0.3) is 5.57 Å². The van der Waals surface area contributed by atoms with Gasteiger partial charge in [0, 0.05) is 11.6 Å². The minimum absolute atomic E-state index is 0.0757. The summed E-state index contributed by atoms with van der Waals surface area (Å²) in [6.07, 6.45) is 0.167. The number of pyridine rings is 1. The van der Waals surface area contributed by atoms with Gasteiger partial charge in [-0.15, -0.1) is 11.3 Å². The van der Waals surface area contributed by atoms with Gasteiger partial charge in [-0.2, -0.15) is 13.2 Å². The number of hydroxylamine groups is 1. The van der Waals surface area contributed by atoms with Crippen LogP contribution in [0.15, 0.2) is 41.9 Å². The van der Waals surface area contributed by atoms with Crippen molar-refractivity contribution in [3.05, 3.63) is 53.3 Å². The zero-order chi connectivity index (χ0) is 16.9. The SMILES string of the molecule is C/C(=C\C=C/NO)c1csc(Nc2cccc(C(F)(F)F)n2)n1. The molecule has 9 heteroatoms. The molecule has 2 aromatic rings. The summed E-state index contributed by atoms with van der Waals surface area (Å²) in [7, 11) is 0. The number of hydrogen-bond donors (Lipinski definition) is 3. The molecule has 0 atom stereocenters. The van der Waals surface area contributed by atoms with E-state index in [1.807, 2.05) is 12.4 Å². The second kappa shape index (κ2) is 7.25. The van der Waals surface area contributed by atoms with Crippen LogP contribution in [0.2, 0.25) is 0 Å². The Hall–Kier alpha value is -2.39. The lowest BCUT2D eigenvalue weighted by molar-refractivity contribution is -0.141. The molecule has 0 unspecified atom stereocenters. The average Bonchev–Trinajstić information content (AvgIpc) is 2.95. The second-order valence-corrected chi connectivity index (χ2v) is 5.26. The lowest BCUT2D eigenvalue weighted by Gasteiger charge is -2.07. The highest BCUT2D eigenvalue weighted by molar-refractivity contribution is 7.13. The van der Waals surface area contributed by atoms with Crippen LogP contribution in [0.4, 0.5) is 24.1 Å². The lowest BCUT2D eigenvalue weighted by Crippen LogP contribution is -2.08. The number of rotatable bonds is 5. The number of alkyl halides is 3. The zero-order valence-corrected chi connectivity index (χ0v) is 12.7. The van der Waals surface area contributed by atoms with Gasteiger partial charge in [0.15, 0.2) is 5.13 Å². The maximum absolute atomic E-state index is 12.6. The van der Waals surface area contributed by atoms with Crippen molar-refractivity contribution in [2.24, 2.45) is 0 Å². The lowest BCUT2D eigenvalue weighted by atomic mass is 10.2. The smallest absolute Gasteiger partial charge is 0.316 e. The molecule has 3 N–H and O–H groups in total. The van der Waals surface area contributed by atoms with Crippen molar-refractivity contribution in [1.29, 1.82) is 0 Å². The van der Waals surface area contributed by atoms with Crippen LogP contribution in [0.1, 0.15) is 18.3 Å². The summed E-state index contributed by atoms with van der Waals surface area (Å²) in [6.45, 7) is 1.82. The fraction of sp³-hybridized carbons (Fsp3) is 0.143. The Morgan fingerprint density at radius 1 is 1.30 bits per heavy atom. The molecule has 0 aliphatic heterocycles. The molecule has 23 heavy (non-hydrogen) atoms. The average molecular weight is 342 g/mol. The number of aromatic nitrogens is 2. The molecule has 0 saturated carbocycles. The topological polar surface area (TPSA) is 70.1 Å². The van der Waals surface area contributed by atoms with E-state index < -0.39 is 11.9 Å². The first kappa shape index (κ1) is 17.0. The third kappa shape index (κ3) is 4.80. The summed E-state index contributed by atoms with van der Waals surface area (Å²) in [4.78, 5) is 7.80. The molecule has 0 aliphatic carbocycles. The Morgan fingerprint density at radius 2 is 2.09 bits per heavy atom. The Bertz CT molecular complexity index is 725. The highest BCUT2D eigenvalue weighted by Crippen LogP contribution is 2.29. The number of hydrogen-bond acceptors (Lipinski definition) is 6. The fourth-order valence-corrected chi connectivity index (χ4v) is 2.38. The summed E-state index contributed by atoms with van der Waals surface area (Å²) in [6, 6.07) is 3.63. The highest BCUT2D eigenvalue weighted by Gasteiger charge is 2.32. The molecule has 0 aliphatic rings. The monoisotopic (exact) mass is 342 g/mol. The summed E-state index contributed by atoms with van der Waals surface area (Å²) in [5.41, 5.74) is 2.42. The van der Waals surface area contributed by atoms with E-state index in [2.05, 4.69) is 15.3 Å². The van der Waals surface area contributed by atoms with Gasteiger partial charge < -0.3 is 5.32 Å². The third-order valence-electron chi connectivity index (χ3n) is 2.70. The van der Waals surface area contributed by atoms with Crippen LogP contribution in [-0.2, 0) is 6.18 Å². The van der Waals surface area contributed by atoms with Crippen LogP contribution >= 0.6 is 11.3 Å². The number of nitrogens with one attached hydrogen (secondary N) is 2. The van der Waals surface area contributed by atoms with Crippen molar-refractivity contribution < 1.29 is 18.4 Å². The zero-order valence-electron chi connectivity index (χ0n) is 11.9. The quantitative estimate of drug-likeness (QED) is 0.561. The second-order valence-electron chi connectivity index (χ2n) is 4.41. The van der Waals surface area contributed by atoms with E-state index >= 15 is 0 Å².